The Labute approximate surface area is 136 Å². The lowest BCUT2D eigenvalue weighted by Gasteiger charge is -2.08. The van der Waals surface area contributed by atoms with Gasteiger partial charge >= 0.3 is 0 Å². The maximum atomic E-state index is 6.21. The van der Waals surface area contributed by atoms with Crippen LogP contribution in [0.15, 0.2) is 24.3 Å². The van der Waals surface area contributed by atoms with E-state index >= 15 is 0 Å². The number of methoxy groups -OCH3 is 1. The van der Waals surface area contributed by atoms with Crippen molar-refractivity contribution in [3.63, 3.8) is 0 Å². The third kappa shape index (κ3) is 2.97. The zero-order chi connectivity index (χ0) is 14.1. The molecule has 1 aromatic heterocycles. The van der Waals surface area contributed by atoms with Gasteiger partial charge in [0.1, 0.15) is 5.15 Å². The summed E-state index contributed by atoms with van der Waals surface area (Å²) in [7, 11) is 1.65. The van der Waals surface area contributed by atoms with E-state index in [1.807, 2.05) is 6.07 Å². The maximum absolute atomic E-state index is 6.21. The summed E-state index contributed by atoms with van der Waals surface area (Å²) in [6, 6.07) is 8.44. The van der Waals surface area contributed by atoms with Crippen molar-refractivity contribution in [1.29, 1.82) is 0 Å². The Hall–Kier alpha value is -0.720. The lowest BCUT2D eigenvalue weighted by Crippen LogP contribution is -2.02. The standard InChI is InChI=1S/C15H14ClIN2O/c1-20-8-12-13(17)14(16)19-15(18-12)11-4-2-3-10(7-11)9-5-6-9/h2-4,7,9H,5-6,8H2,1H3. The number of rotatable bonds is 4. The summed E-state index contributed by atoms with van der Waals surface area (Å²) in [5.41, 5.74) is 3.22. The Kier molecular flexibility index (Phi) is 4.23. The molecule has 0 radical (unpaired) electrons. The van der Waals surface area contributed by atoms with Crippen LogP contribution in [-0.2, 0) is 11.3 Å². The summed E-state index contributed by atoms with van der Waals surface area (Å²) >= 11 is 8.36. The van der Waals surface area contributed by atoms with E-state index < -0.39 is 0 Å². The van der Waals surface area contributed by atoms with Crippen molar-refractivity contribution in [2.75, 3.05) is 7.11 Å². The van der Waals surface area contributed by atoms with E-state index in [0.29, 0.717) is 23.5 Å². The quantitative estimate of drug-likeness (QED) is 0.563. The number of aromatic nitrogens is 2. The van der Waals surface area contributed by atoms with Crippen LogP contribution in [0.3, 0.4) is 0 Å². The molecule has 1 heterocycles. The zero-order valence-corrected chi connectivity index (χ0v) is 14.0. The highest BCUT2D eigenvalue weighted by Gasteiger charge is 2.23. The monoisotopic (exact) mass is 400 g/mol. The van der Waals surface area contributed by atoms with Crippen LogP contribution in [0, 0.1) is 3.57 Å². The van der Waals surface area contributed by atoms with Gasteiger partial charge in [-0.25, -0.2) is 9.97 Å². The number of hydrogen-bond acceptors (Lipinski definition) is 3. The normalized spacial score (nSPS) is 14.6. The molecule has 1 aromatic carbocycles. The maximum Gasteiger partial charge on any atom is 0.161 e. The molecule has 0 N–H and O–H groups in total. The van der Waals surface area contributed by atoms with Crippen LogP contribution in [0.25, 0.3) is 11.4 Å². The fourth-order valence-corrected chi connectivity index (χ4v) is 2.76. The molecule has 5 heteroatoms. The largest absolute Gasteiger partial charge is 0.378 e. The summed E-state index contributed by atoms with van der Waals surface area (Å²) < 4.78 is 6.03. The van der Waals surface area contributed by atoms with Gasteiger partial charge in [0.15, 0.2) is 5.82 Å². The second-order valence-corrected chi connectivity index (χ2v) is 6.37. The van der Waals surface area contributed by atoms with Gasteiger partial charge in [0.25, 0.3) is 0 Å². The number of nitrogens with zero attached hydrogens (tertiary/aromatic N) is 2. The first kappa shape index (κ1) is 14.2. The van der Waals surface area contributed by atoms with Gasteiger partial charge in [0, 0.05) is 12.7 Å². The summed E-state index contributed by atoms with van der Waals surface area (Å²) in [4.78, 5) is 8.98. The Bertz CT molecular complexity index is 644. The van der Waals surface area contributed by atoms with E-state index in [9.17, 15) is 0 Å². The predicted molar refractivity (Wildman–Crippen MR) is 87.9 cm³/mol. The van der Waals surface area contributed by atoms with Gasteiger partial charge in [-0.05, 0) is 53.0 Å². The van der Waals surface area contributed by atoms with E-state index in [4.69, 9.17) is 16.3 Å². The van der Waals surface area contributed by atoms with Crippen molar-refractivity contribution in [1.82, 2.24) is 9.97 Å². The first-order valence-electron chi connectivity index (χ1n) is 6.50. The van der Waals surface area contributed by atoms with Gasteiger partial charge in [-0.3, -0.25) is 0 Å². The van der Waals surface area contributed by atoms with Crippen molar-refractivity contribution >= 4 is 34.2 Å². The van der Waals surface area contributed by atoms with Gasteiger partial charge in [-0.2, -0.15) is 0 Å². The molecule has 0 bridgehead atoms. The van der Waals surface area contributed by atoms with Gasteiger partial charge in [-0.1, -0.05) is 29.8 Å². The summed E-state index contributed by atoms with van der Waals surface area (Å²) in [5.74, 6) is 1.39. The van der Waals surface area contributed by atoms with Crippen molar-refractivity contribution in [2.45, 2.75) is 25.4 Å². The van der Waals surface area contributed by atoms with Gasteiger partial charge in [-0.15, -0.1) is 0 Å². The Morgan fingerprint density at radius 3 is 2.85 bits per heavy atom. The molecule has 1 saturated carbocycles. The highest BCUT2D eigenvalue weighted by Crippen LogP contribution is 2.41. The van der Waals surface area contributed by atoms with E-state index in [0.717, 1.165) is 14.8 Å². The number of ether oxygens (including phenoxy) is 1. The first-order chi connectivity index (χ1) is 9.69. The summed E-state index contributed by atoms with van der Waals surface area (Å²) in [6.07, 6.45) is 2.57. The SMILES string of the molecule is COCc1nc(-c2cccc(C3CC3)c2)nc(Cl)c1I. The third-order valence-corrected chi connectivity index (χ3v) is 5.08. The second-order valence-electron chi connectivity index (χ2n) is 4.93. The van der Waals surface area contributed by atoms with Crippen LogP contribution >= 0.6 is 34.2 Å². The molecule has 1 aliphatic rings. The number of hydrogen-bond donors (Lipinski definition) is 0. The minimum atomic E-state index is 0.440. The molecule has 0 spiro atoms. The highest BCUT2D eigenvalue weighted by atomic mass is 127. The fraction of sp³-hybridized carbons (Fsp3) is 0.333. The molecule has 0 saturated heterocycles. The molecule has 3 rings (SSSR count). The van der Waals surface area contributed by atoms with Gasteiger partial charge in [0.05, 0.1) is 15.9 Å². The van der Waals surface area contributed by atoms with Gasteiger partial charge in [0.2, 0.25) is 0 Å². The smallest absolute Gasteiger partial charge is 0.161 e. The average molecular weight is 401 g/mol. The van der Waals surface area contributed by atoms with Crippen LogP contribution < -0.4 is 0 Å². The Morgan fingerprint density at radius 1 is 1.35 bits per heavy atom. The fourth-order valence-electron chi connectivity index (χ4n) is 2.17. The number of benzene rings is 1. The van der Waals surface area contributed by atoms with Crippen LogP contribution in [0.2, 0.25) is 5.15 Å². The second kappa shape index (κ2) is 5.95. The predicted octanol–water partition coefficient (Wildman–Crippen LogP) is 4.43. The molecule has 104 valence electrons. The number of halogens is 2. The lowest BCUT2D eigenvalue weighted by atomic mass is 10.1. The van der Waals surface area contributed by atoms with E-state index in [1.54, 1.807) is 7.11 Å². The Balaban J connectivity index is 2.02. The van der Waals surface area contributed by atoms with E-state index in [1.165, 1.54) is 18.4 Å². The average Bonchev–Trinajstić information content (AvgIpc) is 3.28. The van der Waals surface area contributed by atoms with E-state index in [2.05, 4.69) is 50.8 Å². The molecule has 20 heavy (non-hydrogen) atoms. The van der Waals surface area contributed by atoms with Crippen molar-refractivity contribution in [3.05, 3.63) is 44.2 Å². The van der Waals surface area contributed by atoms with Crippen LogP contribution in [0.4, 0.5) is 0 Å². The molecular formula is C15H14ClIN2O. The Morgan fingerprint density at radius 2 is 2.15 bits per heavy atom. The van der Waals surface area contributed by atoms with Crippen molar-refractivity contribution in [2.24, 2.45) is 0 Å². The molecular weight excluding hydrogens is 387 g/mol. The molecule has 0 atom stereocenters. The lowest BCUT2D eigenvalue weighted by molar-refractivity contribution is 0.181. The molecule has 1 fully saturated rings. The first-order valence-corrected chi connectivity index (χ1v) is 7.96. The molecule has 1 aliphatic carbocycles. The summed E-state index contributed by atoms with van der Waals surface area (Å²) in [5, 5.41) is 0.486. The van der Waals surface area contributed by atoms with Crippen LogP contribution in [0.5, 0.6) is 0 Å². The molecule has 3 nitrogen and oxygen atoms in total. The minimum absolute atomic E-state index is 0.440. The van der Waals surface area contributed by atoms with Crippen molar-refractivity contribution in [3.8, 4) is 11.4 Å². The molecule has 2 aromatic rings. The van der Waals surface area contributed by atoms with Crippen LogP contribution in [0.1, 0.15) is 30.0 Å². The molecule has 0 unspecified atom stereocenters. The molecule has 0 aliphatic heterocycles. The zero-order valence-electron chi connectivity index (χ0n) is 11.1. The minimum Gasteiger partial charge on any atom is -0.378 e. The third-order valence-electron chi connectivity index (χ3n) is 3.35. The topological polar surface area (TPSA) is 35.0 Å². The van der Waals surface area contributed by atoms with Crippen LogP contribution in [-0.4, -0.2) is 17.1 Å². The highest BCUT2D eigenvalue weighted by molar-refractivity contribution is 14.1. The van der Waals surface area contributed by atoms with Crippen molar-refractivity contribution < 1.29 is 4.74 Å². The van der Waals surface area contributed by atoms with Gasteiger partial charge < -0.3 is 4.74 Å². The van der Waals surface area contributed by atoms with E-state index in [-0.39, 0.29) is 0 Å². The summed E-state index contributed by atoms with van der Waals surface area (Å²) in [6.45, 7) is 0.440. The molecule has 0 amide bonds.